The van der Waals surface area contributed by atoms with Crippen molar-refractivity contribution in [2.45, 2.75) is 19.3 Å². The second-order valence-electron chi connectivity index (χ2n) is 8.10. The number of hydrogen-bond donors (Lipinski definition) is 2. The number of H-pyrrole nitrogens is 1. The molecule has 2 N–H and O–H groups in total. The molecule has 2 amide bonds. The van der Waals surface area contributed by atoms with Crippen LogP contribution in [0.25, 0.3) is 16.7 Å². The Balaban J connectivity index is 1.38. The van der Waals surface area contributed by atoms with Gasteiger partial charge in [0.1, 0.15) is 5.82 Å². The minimum Gasteiger partial charge on any atom is -0.345 e. The van der Waals surface area contributed by atoms with Gasteiger partial charge in [0.2, 0.25) is 0 Å². The molecule has 0 saturated carbocycles. The molecule has 0 aliphatic carbocycles. The standard InChI is InChI=1S/C23H25N7O/c1-15-8-10-29(23(31)28-17-5-3-16(4-6-17)11-24-2)14-19(15)22-27-13-18-12-26-21-20(30(18)22)7-9-25-21/h3-7,9,11-13,15,19,25H,8,10,14H2,1-2H3,(H,28,31). The molecule has 3 aromatic heterocycles. The zero-order chi connectivity index (χ0) is 21.4. The first kappa shape index (κ1) is 19.3. The van der Waals surface area contributed by atoms with Crippen LogP contribution in [-0.4, -0.2) is 56.6 Å². The predicted molar refractivity (Wildman–Crippen MR) is 122 cm³/mol. The number of likely N-dealkylation sites (tertiary alicyclic amines) is 1. The smallest absolute Gasteiger partial charge is 0.321 e. The molecular formula is C23H25N7O. The quantitative estimate of drug-likeness (QED) is 0.497. The van der Waals surface area contributed by atoms with Crippen molar-refractivity contribution < 1.29 is 4.79 Å². The number of benzene rings is 1. The zero-order valence-electron chi connectivity index (χ0n) is 17.6. The molecule has 8 heteroatoms. The summed E-state index contributed by atoms with van der Waals surface area (Å²) < 4.78 is 2.16. The van der Waals surface area contributed by atoms with Gasteiger partial charge in [0.25, 0.3) is 0 Å². The minimum absolute atomic E-state index is 0.0804. The Morgan fingerprint density at radius 1 is 1.23 bits per heavy atom. The van der Waals surface area contributed by atoms with Crippen molar-refractivity contribution in [3.8, 4) is 0 Å². The lowest BCUT2D eigenvalue weighted by Gasteiger charge is -2.36. The van der Waals surface area contributed by atoms with Gasteiger partial charge in [-0.05, 0) is 36.1 Å². The van der Waals surface area contributed by atoms with Gasteiger partial charge in [-0.25, -0.2) is 14.8 Å². The lowest BCUT2D eigenvalue weighted by molar-refractivity contribution is 0.170. The Bertz CT molecular complexity index is 1250. The maximum atomic E-state index is 13.0. The van der Waals surface area contributed by atoms with Gasteiger partial charge < -0.3 is 15.2 Å². The van der Waals surface area contributed by atoms with Crippen molar-refractivity contribution in [1.82, 2.24) is 24.3 Å². The van der Waals surface area contributed by atoms with Gasteiger partial charge in [0.15, 0.2) is 5.65 Å². The molecule has 1 fully saturated rings. The highest BCUT2D eigenvalue weighted by Crippen LogP contribution is 2.33. The molecule has 8 nitrogen and oxygen atoms in total. The summed E-state index contributed by atoms with van der Waals surface area (Å²) >= 11 is 0. The molecule has 0 radical (unpaired) electrons. The predicted octanol–water partition coefficient (Wildman–Crippen LogP) is 3.92. The van der Waals surface area contributed by atoms with E-state index in [4.69, 9.17) is 4.98 Å². The molecule has 158 valence electrons. The van der Waals surface area contributed by atoms with Crippen LogP contribution in [0.15, 0.2) is 53.9 Å². The summed E-state index contributed by atoms with van der Waals surface area (Å²) in [6, 6.07) is 9.62. The molecule has 4 aromatic rings. The van der Waals surface area contributed by atoms with Crippen LogP contribution in [0.5, 0.6) is 0 Å². The number of urea groups is 1. The number of amides is 2. The Kier molecular flexibility index (Phi) is 4.89. The van der Waals surface area contributed by atoms with Crippen molar-refractivity contribution in [1.29, 1.82) is 0 Å². The van der Waals surface area contributed by atoms with Crippen molar-refractivity contribution in [2.75, 3.05) is 25.5 Å². The van der Waals surface area contributed by atoms with Crippen LogP contribution in [0.3, 0.4) is 0 Å². The Hall–Kier alpha value is -3.68. The van der Waals surface area contributed by atoms with Gasteiger partial charge in [-0.2, -0.15) is 0 Å². The molecule has 5 rings (SSSR count). The first-order valence-electron chi connectivity index (χ1n) is 10.5. The fraction of sp³-hybridized carbons (Fsp3) is 0.304. The van der Waals surface area contributed by atoms with E-state index in [2.05, 4.69) is 31.6 Å². The van der Waals surface area contributed by atoms with Gasteiger partial charge in [-0.1, -0.05) is 19.1 Å². The fourth-order valence-electron chi connectivity index (χ4n) is 4.36. The van der Waals surface area contributed by atoms with Crippen LogP contribution in [-0.2, 0) is 0 Å². The van der Waals surface area contributed by atoms with E-state index in [1.54, 1.807) is 13.3 Å². The number of aromatic nitrogens is 4. The summed E-state index contributed by atoms with van der Waals surface area (Å²) in [6.07, 6.45) is 8.30. The molecule has 2 atom stereocenters. The second-order valence-corrected chi connectivity index (χ2v) is 8.10. The highest BCUT2D eigenvalue weighted by Gasteiger charge is 2.33. The molecular weight excluding hydrogens is 390 g/mol. The van der Waals surface area contributed by atoms with Gasteiger partial charge in [-0.3, -0.25) is 9.39 Å². The molecule has 1 saturated heterocycles. The van der Waals surface area contributed by atoms with E-state index < -0.39 is 0 Å². The van der Waals surface area contributed by atoms with E-state index in [-0.39, 0.29) is 11.9 Å². The third kappa shape index (κ3) is 3.54. The van der Waals surface area contributed by atoms with Gasteiger partial charge in [0.05, 0.1) is 23.4 Å². The average molecular weight is 416 g/mol. The lowest BCUT2D eigenvalue weighted by Crippen LogP contribution is -2.44. The third-order valence-corrected chi connectivity index (χ3v) is 6.10. The maximum absolute atomic E-state index is 13.0. The van der Waals surface area contributed by atoms with Crippen molar-refractivity contribution in [3.63, 3.8) is 0 Å². The summed E-state index contributed by atoms with van der Waals surface area (Å²) in [7, 11) is 1.74. The van der Waals surface area contributed by atoms with Gasteiger partial charge in [-0.15, -0.1) is 0 Å². The molecule has 2 unspecified atom stereocenters. The molecule has 1 aliphatic heterocycles. The number of anilines is 1. The summed E-state index contributed by atoms with van der Waals surface area (Å²) in [5.74, 6) is 1.55. The number of aromatic amines is 1. The van der Waals surface area contributed by atoms with E-state index in [1.807, 2.05) is 53.8 Å². The number of aliphatic imine (C=N–C) groups is 1. The highest BCUT2D eigenvalue weighted by molar-refractivity contribution is 5.90. The van der Waals surface area contributed by atoms with Gasteiger partial charge in [0, 0.05) is 44.2 Å². The van der Waals surface area contributed by atoms with E-state index in [1.165, 1.54) is 0 Å². The van der Waals surface area contributed by atoms with E-state index in [0.717, 1.165) is 46.7 Å². The molecule has 31 heavy (non-hydrogen) atoms. The van der Waals surface area contributed by atoms with Crippen molar-refractivity contribution >= 4 is 34.6 Å². The minimum atomic E-state index is -0.0804. The SMILES string of the molecule is CN=Cc1ccc(NC(=O)N2CCC(C)C(c3ncc4cnc5[nH]ccc5n34)C2)cc1. The number of imidazole rings is 1. The molecule has 1 aromatic carbocycles. The summed E-state index contributed by atoms with van der Waals surface area (Å²) in [5.41, 5.74) is 4.59. The van der Waals surface area contributed by atoms with Crippen LogP contribution in [0.1, 0.15) is 30.7 Å². The highest BCUT2D eigenvalue weighted by atomic mass is 16.2. The number of nitrogens with zero attached hydrogens (tertiary/aromatic N) is 5. The van der Waals surface area contributed by atoms with Crippen molar-refractivity contribution in [2.24, 2.45) is 10.9 Å². The third-order valence-electron chi connectivity index (χ3n) is 6.10. The summed E-state index contributed by atoms with van der Waals surface area (Å²) in [4.78, 5) is 31.2. The van der Waals surface area contributed by atoms with E-state index in [9.17, 15) is 4.79 Å². The lowest BCUT2D eigenvalue weighted by atomic mass is 9.86. The molecule has 1 aliphatic rings. The largest absolute Gasteiger partial charge is 0.345 e. The normalized spacial score (nSPS) is 19.5. The monoisotopic (exact) mass is 415 g/mol. The Morgan fingerprint density at radius 2 is 2.03 bits per heavy atom. The van der Waals surface area contributed by atoms with Gasteiger partial charge >= 0.3 is 6.03 Å². The number of nitrogens with one attached hydrogen (secondary N) is 2. The number of piperidine rings is 1. The van der Waals surface area contributed by atoms with E-state index >= 15 is 0 Å². The average Bonchev–Trinajstić information content (AvgIpc) is 3.42. The topological polar surface area (TPSA) is 90.7 Å². The number of carbonyl (C=O) groups excluding carboxylic acids is 1. The summed E-state index contributed by atoms with van der Waals surface area (Å²) in [5, 5.41) is 3.02. The molecule has 4 heterocycles. The van der Waals surface area contributed by atoms with Crippen LogP contribution >= 0.6 is 0 Å². The van der Waals surface area contributed by atoms with Crippen LogP contribution < -0.4 is 5.32 Å². The first-order valence-corrected chi connectivity index (χ1v) is 10.5. The molecule has 0 spiro atoms. The van der Waals surface area contributed by atoms with Crippen LogP contribution in [0.4, 0.5) is 10.5 Å². The number of rotatable bonds is 3. The number of carbonyl (C=O) groups is 1. The van der Waals surface area contributed by atoms with Crippen LogP contribution in [0, 0.1) is 5.92 Å². The molecule has 0 bridgehead atoms. The Morgan fingerprint density at radius 3 is 2.84 bits per heavy atom. The first-order chi connectivity index (χ1) is 15.1. The number of fused-ring (bicyclic) bond motifs is 3. The maximum Gasteiger partial charge on any atom is 0.321 e. The zero-order valence-corrected chi connectivity index (χ0v) is 17.6. The number of hydrogen-bond acceptors (Lipinski definition) is 4. The van der Waals surface area contributed by atoms with Crippen LogP contribution in [0.2, 0.25) is 0 Å². The van der Waals surface area contributed by atoms with E-state index in [0.29, 0.717) is 12.5 Å². The fourth-order valence-corrected chi connectivity index (χ4v) is 4.36. The summed E-state index contributed by atoms with van der Waals surface area (Å²) in [6.45, 7) is 3.60. The van der Waals surface area contributed by atoms with Crippen molar-refractivity contribution in [3.05, 3.63) is 60.3 Å². The Labute approximate surface area is 180 Å². The second kappa shape index (κ2) is 7.86.